The third-order valence-corrected chi connectivity index (χ3v) is 10.9. The number of fused-ring (bicyclic) bond motifs is 1. The zero-order valence-electron chi connectivity index (χ0n) is 29.7. The number of allylic oxidation sites excluding steroid dienone is 2. The Hall–Kier alpha value is -4.00. The quantitative estimate of drug-likeness (QED) is 0.0809. The lowest BCUT2D eigenvalue weighted by molar-refractivity contribution is -0.140. The van der Waals surface area contributed by atoms with Gasteiger partial charge >= 0.3 is 0 Å². The number of nitrogens with zero attached hydrogens (tertiary/aromatic N) is 2. The average Bonchev–Trinajstić information content (AvgIpc) is 3.98. The van der Waals surface area contributed by atoms with Crippen LogP contribution in [-0.4, -0.2) is 76.7 Å². The van der Waals surface area contributed by atoms with Crippen LogP contribution < -0.4 is 30.0 Å². The van der Waals surface area contributed by atoms with Gasteiger partial charge in [0.15, 0.2) is 0 Å². The Morgan fingerprint density at radius 2 is 1.94 bits per heavy atom. The number of hydrogen-bond donors (Lipinski definition) is 3. The summed E-state index contributed by atoms with van der Waals surface area (Å²) in [4.78, 5) is 56.3. The van der Waals surface area contributed by atoms with Crippen molar-refractivity contribution in [2.75, 3.05) is 13.7 Å². The standard InChI is InChI=1S/C37H51N5O7S/c1-22(2)48-32-19-31(26-13-14-30(47-5)23(3)33(26)40-32)49-25-18-29(34(38)44)42(20-25)36(46)28(39-21-43)12-10-8-6-7-9-11-24-17-27(24)35(45)41-50-37(4)15-16-37/h9,11,13-14,19,21-22,24-25,27-29H,6-8,10,12,15-18,20H2,1-5H3,(H2,38,44)(H,39,43)(H,41,45)/b11-9-/t24?,25-,27?,28+,29?/m1/s1. The minimum atomic E-state index is -0.876. The van der Waals surface area contributed by atoms with Crippen LogP contribution in [-0.2, 0) is 19.2 Å². The van der Waals surface area contributed by atoms with Crippen LogP contribution in [0, 0.1) is 18.8 Å². The number of rotatable bonds is 19. The summed E-state index contributed by atoms with van der Waals surface area (Å²) in [7, 11) is 1.60. The summed E-state index contributed by atoms with van der Waals surface area (Å²) in [5.74, 6) is 1.12. The predicted octanol–water partition coefficient (Wildman–Crippen LogP) is 4.75. The van der Waals surface area contributed by atoms with E-state index < -0.39 is 24.1 Å². The molecule has 50 heavy (non-hydrogen) atoms. The van der Waals surface area contributed by atoms with Crippen molar-refractivity contribution < 1.29 is 33.4 Å². The van der Waals surface area contributed by atoms with E-state index in [0.717, 1.165) is 55.9 Å². The molecule has 4 N–H and O–H groups in total. The number of carbonyl (C=O) groups is 4. The molecular formula is C37H51N5O7S. The number of pyridine rings is 1. The summed E-state index contributed by atoms with van der Waals surface area (Å²) in [5, 5.41) is 3.40. The Balaban J connectivity index is 1.14. The molecule has 5 atom stereocenters. The second-order valence-electron chi connectivity index (χ2n) is 14.2. The number of methoxy groups -OCH3 is 1. The molecular weight excluding hydrogens is 659 g/mol. The number of amides is 4. The molecule has 1 aromatic carbocycles. The van der Waals surface area contributed by atoms with Crippen molar-refractivity contribution in [2.24, 2.45) is 17.6 Å². The lowest BCUT2D eigenvalue weighted by Crippen LogP contribution is -2.51. The first kappa shape index (κ1) is 37.3. The Bertz CT molecular complexity index is 1600. The van der Waals surface area contributed by atoms with E-state index in [1.807, 2.05) is 32.9 Å². The van der Waals surface area contributed by atoms with Gasteiger partial charge in [-0.05, 0) is 96.2 Å². The van der Waals surface area contributed by atoms with Gasteiger partial charge in [0.1, 0.15) is 29.7 Å². The Morgan fingerprint density at radius 1 is 1.16 bits per heavy atom. The van der Waals surface area contributed by atoms with Crippen LogP contribution in [0.3, 0.4) is 0 Å². The van der Waals surface area contributed by atoms with Gasteiger partial charge in [-0.15, -0.1) is 0 Å². The highest BCUT2D eigenvalue weighted by Crippen LogP contribution is 2.47. The van der Waals surface area contributed by atoms with Crippen molar-refractivity contribution in [3.8, 4) is 17.4 Å². The molecule has 3 unspecified atom stereocenters. The van der Waals surface area contributed by atoms with Crippen molar-refractivity contribution in [3.63, 3.8) is 0 Å². The lowest BCUT2D eigenvalue weighted by atomic mass is 10.0. The summed E-state index contributed by atoms with van der Waals surface area (Å²) < 4.78 is 21.1. The molecule has 12 nitrogen and oxygen atoms in total. The number of aryl methyl sites for hydroxylation is 1. The van der Waals surface area contributed by atoms with Crippen molar-refractivity contribution in [1.29, 1.82) is 0 Å². The van der Waals surface area contributed by atoms with Gasteiger partial charge in [0.25, 0.3) is 0 Å². The summed E-state index contributed by atoms with van der Waals surface area (Å²) in [6.45, 7) is 8.04. The van der Waals surface area contributed by atoms with Gasteiger partial charge in [-0.1, -0.05) is 25.0 Å². The molecule has 2 heterocycles. The van der Waals surface area contributed by atoms with Crippen LogP contribution in [0.4, 0.5) is 0 Å². The molecule has 2 aliphatic carbocycles. The smallest absolute Gasteiger partial charge is 0.245 e. The molecule has 0 radical (unpaired) electrons. The van der Waals surface area contributed by atoms with Crippen LogP contribution in [0.2, 0.25) is 0 Å². The Morgan fingerprint density at radius 3 is 2.62 bits per heavy atom. The second-order valence-corrected chi connectivity index (χ2v) is 15.6. The second kappa shape index (κ2) is 16.3. The Kier molecular flexibility index (Phi) is 12.2. The lowest BCUT2D eigenvalue weighted by Gasteiger charge is -2.26. The first-order valence-corrected chi connectivity index (χ1v) is 18.5. The minimum Gasteiger partial charge on any atom is -0.496 e. The molecule has 5 rings (SSSR count). The number of likely N-dealkylation sites (tertiary alicyclic amines) is 1. The van der Waals surface area contributed by atoms with Gasteiger partial charge < -0.3 is 30.2 Å². The van der Waals surface area contributed by atoms with Crippen molar-refractivity contribution >= 4 is 47.0 Å². The molecule has 2 aromatic rings. The van der Waals surface area contributed by atoms with E-state index in [1.54, 1.807) is 25.1 Å². The van der Waals surface area contributed by atoms with Crippen molar-refractivity contribution in [1.82, 2.24) is 19.9 Å². The highest BCUT2D eigenvalue weighted by atomic mass is 32.2. The minimum absolute atomic E-state index is 0.0795. The van der Waals surface area contributed by atoms with Crippen LogP contribution >= 0.6 is 11.9 Å². The molecule has 1 aromatic heterocycles. The number of ether oxygens (including phenoxy) is 3. The molecule has 13 heteroatoms. The molecule has 1 aliphatic heterocycles. The highest BCUT2D eigenvalue weighted by molar-refractivity contribution is 7.99. The fourth-order valence-corrected chi connectivity index (χ4v) is 7.23. The maximum Gasteiger partial charge on any atom is 0.245 e. The van der Waals surface area contributed by atoms with E-state index in [1.165, 1.54) is 4.90 Å². The molecule has 0 bridgehead atoms. The third-order valence-electron chi connectivity index (χ3n) is 9.71. The van der Waals surface area contributed by atoms with Crippen molar-refractivity contribution in [3.05, 3.63) is 35.9 Å². The molecule has 272 valence electrons. The first-order valence-electron chi connectivity index (χ1n) is 17.7. The van der Waals surface area contributed by atoms with Gasteiger partial charge in [0.2, 0.25) is 30.0 Å². The summed E-state index contributed by atoms with van der Waals surface area (Å²) in [5.41, 5.74) is 7.27. The van der Waals surface area contributed by atoms with Crippen LogP contribution in [0.5, 0.6) is 17.4 Å². The van der Waals surface area contributed by atoms with E-state index >= 15 is 0 Å². The topological polar surface area (TPSA) is 162 Å². The largest absolute Gasteiger partial charge is 0.496 e. The van der Waals surface area contributed by atoms with Gasteiger partial charge in [-0.3, -0.25) is 23.9 Å². The SMILES string of the molecule is COc1ccc2c(O[C@@H]3CC(C(N)=O)N(C(=O)[C@H](CCCCC/C=C\C4CC4C(=O)NSC4(C)CC4)NC=O)C3)cc(OC(C)C)nc2c1C. The Labute approximate surface area is 298 Å². The molecule has 4 amide bonds. The molecule has 3 fully saturated rings. The fraction of sp³-hybridized carbons (Fsp3) is 0.595. The highest BCUT2D eigenvalue weighted by Gasteiger charge is 2.44. The molecule has 1 saturated heterocycles. The number of primary amides is 1. The number of nitrogens with one attached hydrogen (secondary N) is 2. The van der Waals surface area contributed by atoms with Gasteiger partial charge in [-0.25, -0.2) is 4.98 Å². The maximum absolute atomic E-state index is 13.7. The fourth-order valence-electron chi connectivity index (χ4n) is 6.43. The van der Waals surface area contributed by atoms with E-state index in [9.17, 15) is 19.2 Å². The number of aromatic nitrogens is 1. The van der Waals surface area contributed by atoms with E-state index in [4.69, 9.17) is 24.9 Å². The zero-order chi connectivity index (χ0) is 36.0. The van der Waals surface area contributed by atoms with Crippen molar-refractivity contribution in [2.45, 2.75) is 115 Å². The van der Waals surface area contributed by atoms with Crippen LogP contribution in [0.25, 0.3) is 10.9 Å². The summed E-state index contributed by atoms with van der Waals surface area (Å²) in [6, 6.07) is 3.77. The predicted molar refractivity (Wildman–Crippen MR) is 193 cm³/mol. The summed E-state index contributed by atoms with van der Waals surface area (Å²) in [6.07, 6.45) is 11.4. The third kappa shape index (κ3) is 9.41. The van der Waals surface area contributed by atoms with Gasteiger partial charge in [-0.2, -0.15) is 0 Å². The van der Waals surface area contributed by atoms with E-state index in [0.29, 0.717) is 41.6 Å². The number of nitrogens with two attached hydrogens (primary N) is 1. The number of hydrogen-bond acceptors (Lipinski definition) is 9. The van der Waals surface area contributed by atoms with E-state index in [-0.39, 0.29) is 41.5 Å². The normalized spacial score (nSPS) is 22.7. The monoisotopic (exact) mass is 709 g/mol. The van der Waals surface area contributed by atoms with Crippen LogP contribution in [0.1, 0.15) is 84.1 Å². The maximum atomic E-state index is 13.7. The number of benzene rings is 1. The number of carbonyl (C=O) groups excluding carboxylic acids is 4. The van der Waals surface area contributed by atoms with Gasteiger partial charge in [0, 0.05) is 34.1 Å². The van der Waals surface area contributed by atoms with Gasteiger partial charge in [0.05, 0.1) is 25.3 Å². The van der Waals surface area contributed by atoms with Crippen LogP contribution in [0.15, 0.2) is 30.4 Å². The molecule has 3 aliphatic rings. The molecule has 0 spiro atoms. The zero-order valence-corrected chi connectivity index (χ0v) is 30.6. The molecule has 2 saturated carbocycles. The first-order chi connectivity index (χ1) is 23.9. The average molecular weight is 710 g/mol. The van der Waals surface area contributed by atoms with E-state index in [2.05, 4.69) is 29.1 Å². The number of unbranched alkanes of at least 4 members (excludes halogenated alkanes) is 3. The summed E-state index contributed by atoms with van der Waals surface area (Å²) >= 11 is 1.56.